The van der Waals surface area contributed by atoms with E-state index in [1.165, 1.54) is 0 Å². The van der Waals surface area contributed by atoms with E-state index in [4.69, 9.17) is 4.65 Å². The number of carbonyl (C=O) groups excluding carboxylic acids is 1. The zero-order chi connectivity index (χ0) is 17.2. The predicted octanol–water partition coefficient (Wildman–Crippen LogP) is 2.82. The van der Waals surface area contributed by atoms with Gasteiger partial charge in [-0.3, -0.25) is 4.79 Å². The summed E-state index contributed by atoms with van der Waals surface area (Å²) in [6.07, 6.45) is 0. The van der Waals surface area contributed by atoms with Crippen LogP contribution in [0.5, 0.6) is 0 Å². The molecule has 5 heteroatoms. The first-order valence-electron chi connectivity index (χ1n) is 8.10. The molecule has 1 amide bonds. The van der Waals surface area contributed by atoms with Gasteiger partial charge in [0, 0.05) is 11.3 Å². The van der Waals surface area contributed by atoms with Crippen molar-refractivity contribution in [2.75, 3.05) is 5.32 Å². The first-order valence-corrected chi connectivity index (χ1v) is 8.10. The van der Waals surface area contributed by atoms with Gasteiger partial charge in [-0.25, -0.2) is 0 Å². The van der Waals surface area contributed by atoms with Gasteiger partial charge in [0.1, 0.15) is 0 Å². The monoisotopic (exact) mass is 329 g/mol. The highest BCUT2D eigenvalue weighted by Gasteiger charge is 2.27. The van der Waals surface area contributed by atoms with Crippen LogP contribution in [0, 0.1) is 0 Å². The van der Waals surface area contributed by atoms with Gasteiger partial charge in [-0.2, -0.15) is 0 Å². The fraction of sp³-hybridized carbons (Fsp3) is 0.0500. The van der Waals surface area contributed by atoms with Crippen LogP contribution in [0.2, 0.25) is 0 Å². The molecule has 0 aromatic heterocycles. The highest BCUT2D eigenvalue weighted by atomic mass is 16.5. The minimum atomic E-state index is -0.927. The number of rotatable bonds is 3. The second-order valence-electron chi connectivity index (χ2n) is 5.94. The molecule has 0 bridgehead atoms. The van der Waals surface area contributed by atoms with Gasteiger partial charge in [0.2, 0.25) is 0 Å². The third-order valence-corrected chi connectivity index (χ3v) is 4.32. The Labute approximate surface area is 146 Å². The van der Waals surface area contributed by atoms with Gasteiger partial charge in [-0.1, -0.05) is 54.6 Å². The molecular weight excluding hydrogens is 313 g/mol. The first-order chi connectivity index (χ1) is 12.2. The van der Waals surface area contributed by atoms with Gasteiger partial charge in [0.05, 0.1) is 6.61 Å². The summed E-state index contributed by atoms with van der Waals surface area (Å²) in [4.78, 5) is 12.8. The number of benzene rings is 3. The van der Waals surface area contributed by atoms with Crippen molar-refractivity contribution < 1.29 is 14.5 Å². The summed E-state index contributed by atoms with van der Waals surface area (Å²) in [6.45, 7) is 0.390. The van der Waals surface area contributed by atoms with Crippen molar-refractivity contribution in [3.63, 3.8) is 0 Å². The quantitative estimate of drug-likeness (QED) is 0.727. The van der Waals surface area contributed by atoms with Gasteiger partial charge in [-0.05, 0) is 40.4 Å². The molecule has 0 atom stereocenters. The van der Waals surface area contributed by atoms with Crippen LogP contribution in [0.3, 0.4) is 0 Å². The number of fused-ring (bicyclic) bond motifs is 1. The molecule has 3 aromatic carbocycles. The van der Waals surface area contributed by atoms with Crippen molar-refractivity contribution in [2.24, 2.45) is 0 Å². The van der Waals surface area contributed by atoms with Gasteiger partial charge in [-0.15, -0.1) is 0 Å². The van der Waals surface area contributed by atoms with Crippen molar-refractivity contribution in [2.45, 2.75) is 6.61 Å². The maximum Gasteiger partial charge on any atom is 0.491 e. The van der Waals surface area contributed by atoms with E-state index >= 15 is 0 Å². The van der Waals surface area contributed by atoms with Crippen LogP contribution in [0.1, 0.15) is 15.9 Å². The lowest BCUT2D eigenvalue weighted by atomic mass is 9.79. The van der Waals surface area contributed by atoms with E-state index in [0.717, 1.165) is 16.7 Å². The topological polar surface area (TPSA) is 58.6 Å². The van der Waals surface area contributed by atoms with Crippen molar-refractivity contribution in [3.8, 4) is 11.1 Å². The molecule has 1 aliphatic rings. The van der Waals surface area contributed by atoms with Gasteiger partial charge < -0.3 is 15.0 Å². The zero-order valence-electron chi connectivity index (χ0n) is 13.5. The number of anilines is 1. The molecule has 1 heterocycles. The molecule has 0 aliphatic carbocycles. The van der Waals surface area contributed by atoms with E-state index in [9.17, 15) is 9.82 Å². The Morgan fingerprint density at radius 3 is 2.60 bits per heavy atom. The van der Waals surface area contributed by atoms with Crippen LogP contribution in [0.25, 0.3) is 11.1 Å². The second kappa shape index (κ2) is 6.55. The summed E-state index contributed by atoms with van der Waals surface area (Å²) in [7, 11) is -0.927. The molecule has 25 heavy (non-hydrogen) atoms. The minimum absolute atomic E-state index is 0.187. The molecule has 3 aromatic rings. The fourth-order valence-electron chi connectivity index (χ4n) is 3.04. The highest BCUT2D eigenvalue weighted by molar-refractivity contribution is 6.61. The van der Waals surface area contributed by atoms with Crippen LogP contribution in [-0.4, -0.2) is 18.0 Å². The maximum atomic E-state index is 12.8. The Hall–Kier alpha value is -2.89. The molecule has 0 unspecified atom stereocenters. The highest BCUT2D eigenvalue weighted by Crippen LogP contribution is 2.24. The fourth-order valence-corrected chi connectivity index (χ4v) is 3.04. The largest absolute Gasteiger partial charge is 0.491 e. The molecule has 0 radical (unpaired) electrons. The van der Waals surface area contributed by atoms with Gasteiger partial charge in [0.25, 0.3) is 5.91 Å². The summed E-state index contributed by atoms with van der Waals surface area (Å²) >= 11 is 0. The average Bonchev–Trinajstić information content (AvgIpc) is 3.03. The van der Waals surface area contributed by atoms with Gasteiger partial charge in [0.15, 0.2) is 0 Å². The van der Waals surface area contributed by atoms with Crippen molar-refractivity contribution >= 4 is 24.2 Å². The molecule has 0 spiro atoms. The summed E-state index contributed by atoms with van der Waals surface area (Å²) in [5.41, 5.74) is 4.75. The van der Waals surface area contributed by atoms with Gasteiger partial charge >= 0.3 is 7.12 Å². The third-order valence-electron chi connectivity index (χ3n) is 4.32. The molecule has 2 N–H and O–H groups in total. The van der Waals surface area contributed by atoms with E-state index in [0.29, 0.717) is 23.3 Å². The standard InChI is InChI=1S/C20H16BNO3/c23-20(22-16-11-10-15-13-25-21(24)19(15)12-16)18-9-5-4-8-17(18)14-6-2-1-3-7-14/h1-12,24H,13H2,(H,22,23). The van der Waals surface area contributed by atoms with Crippen molar-refractivity contribution in [1.29, 1.82) is 0 Å². The lowest BCUT2D eigenvalue weighted by molar-refractivity contribution is 0.102. The Balaban J connectivity index is 1.64. The van der Waals surface area contributed by atoms with Crippen molar-refractivity contribution in [1.82, 2.24) is 0 Å². The van der Waals surface area contributed by atoms with Crippen LogP contribution in [-0.2, 0) is 11.3 Å². The van der Waals surface area contributed by atoms with E-state index < -0.39 is 7.12 Å². The molecule has 0 saturated heterocycles. The van der Waals surface area contributed by atoms with E-state index in [1.807, 2.05) is 66.7 Å². The Morgan fingerprint density at radius 2 is 1.76 bits per heavy atom. The predicted molar refractivity (Wildman–Crippen MR) is 98.7 cm³/mol. The summed E-state index contributed by atoms with van der Waals surface area (Å²) in [5.74, 6) is -0.187. The normalized spacial score (nSPS) is 12.8. The summed E-state index contributed by atoms with van der Waals surface area (Å²) < 4.78 is 5.19. The first kappa shape index (κ1) is 15.6. The SMILES string of the molecule is O=C(Nc1ccc2c(c1)B(O)OC2)c1ccccc1-c1ccccc1. The number of carbonyl (C=O) groups is 1. The molecule has 1 aliphatic heterocycles. The number of amides is 1. The number of hydrogen-bond acceptors (Lipinski definition) is 3. The van der Waals surface area contributed by atoms with Crippen molar-refractivity contribution in [3.05, 3.63) is 83.9 Å². The molecular formula is C20H16BNO3. The molecule has 4 rings (SSSR count). The molecule has 0 saturated carbocycles. The van der Waals surface area contributed by atoms with Crippen LogP contribution >= 0.6 is 0 Å². The molecule has 4 nitrogen and oxygen atoms in total. The molecule has 122 valence electrons. The lowest BCUT2D eigenvalue weighted by Crippen LogP contribution is -2.28. The van der Waals surface area contributed by atoms with E-state index in [-0.39, 0.29) is 5.91 Å². The van der Waals surface area contributed by atoms with Crippen LogP contribution in [0.15, 0.2) is 72.8 Å². The average molecular weight is 329 g/mol. The van der Waals surface area contributed by atoms with E-state index in [2.05, 4.69) is 5.32 Å². The summed E-state index contributed by atoms with van der Waals surface area (Å²) in [6, 6.07) is 22.8. The third kappa shape index (κ3) is 3.07. The van der Waals surface area contributed by atoms with Crippen LogP contribution < -0.4 is 10.8 Å². The lowest BCUT2D eigenvalue weighted by Gasteiger charge is -2.11. The van der Waals surface area contributed by atoms with Crippen LogP contribution in [0.4, 0.5) is 5.69 Å². The van der Waals surface area contributed by atoms with E-state index in [1.54, 1.807) is 6.07 Å². The maximum absolute atomic E-state index is 12.8. The Bertz CT molecular complexity index is 927. The Kier molecular flexibility index (Phi) is 4.10. The Morgan fingerprint density at radius 1 is 1.00 bits per heavy atom. The number of nitrogens with one attached hydrogen (secondary N) is 1. The smallest absolute Gasteiger partial charge is 0.423 e. The number of hydrogen-bond donors (Lipinski definition) is 2. The molecule has 0 fully saturated rings. The zero-order valence-corrected chi connectivity index (χ0v) is 13.5. The second-order valence-corrected chi connectivity index (χ2v) is 5.94. The summed E-state index contributed by atoms with van der Waals surface area (Å²) in [5, 5.41) is 12.7. The minimum Gasteiger partial charge on any atom is -0.423 e.